The minimum absolute atomic E-state index is 0.148. The first-order valence-electron chi connectivity index (χ1n) is 12.4. The summed E-state index contributed by atoms with van der Waals surface area (Å²) >= 11 is 0. The molecular weight excluding hydrogens is 450 g/mol. The molecule has 2 N–H and O–H groups in total. The monoisotopic (exact) mass is 485 g/mol. The molecule has 2 amide bonds. The molecule has 0 aliphatic heterocycles. The number of pyridine rings is 1. The predicted octanol–water partition coefficient (Wildman–Crippen LogP) is 5.55. The molecule has 2 atom stereocenters. The van der Waals surface area contributed by atoms with Gasteiger partial charge in [0.2, 0.25) is 5.91 Å². The maximum atomic E-state index is 13.3. The Hall–Kier alpha value is -3.93. The van der Waals surface area contributed by atoms with Gasteiger partial charge in [0, 0.05) is 12.2 Å². The first kappa shape index (κ1) is 26.7. The van der Waals surface area contributed by atoms with Crippen LogP contribution in [0.5, 0.6) is 0 Å². The van der Waals surface area contributed by atoms with Gasteiger partial charge in [-0.05, 0) is 54.5 Å². The highest BCUT2D eigenvalue weighted by atomic mass is 16.5. The maximum absolute atomic E-state index is 13.3. The van der Waals surface area contributed by atoms with Crippen molar-refractivity contribution in [3.05, 3.63) is 108 Å². The Labute approximate surface area is 213 Å². The summed E-state index contributed by atoms with van der Waals surface area (Å²) in [6, 6.07) is 24.4. The fraction of sp³-hybridized carbons (Fsp3) is 0.300. The van der Waals surface area contributed by atoms with Gasteiger partial charge in [-0.25, -0.2) is 4.79 Å². The Balaban J connectivity index is 1.65. The Morgan fingerprint density at radius 1 is 0.889 bits per heavy atom. The third-order valence-corrected chi connectivity index (χ3v) is 5.63. The maximum Gasteiger partial charge on any atom is 0.408 e. The number of nitrogens with zero attached hydrogens (tertiary/aromatic N) is 1. The average Bonchev–Trinajstić information content (AvgIpc) is 2.90. The van der Waals surface area contributed by atoms with Crippen LogP contribution >= 0.6 is 0 Å². The van der Waals surface area contributed by atoms with Gasteiger partial charge in [-0.3, -0.25) is 9.78 Å². The molecule has 3 aromatic rings. The highest BCUT2D eigenvalue weighted by Gasteiger charge is 2.24. The third kappa shape index (κ3) is 9.74. The van der Waals surface area contributed by atoms with Crippen molar-refractivity contribution < 1.29 is 14.3 Å². The van der Waals surface area contributed by atoms with E-state index >= 15 is 0 Å². The number of ether oxygens (including phenoxy) is 1. The topological polar surface area (TPSA) is 80.3 Å². The fourth-order valence-electron chi connectivity index (χ4n) is 3.77. The lowest BCUT2D eigenvalue weighted by atomic mass is 10.0. The summed E-state index contributed by atoms with van der Waals surface area (Å²) in [7, 11) is 0. The zero-order chi connectivity index (χ0) is 25.6. The van der Waals surface area contributed by atoms with Crippen LogP contribution in [0.2, 0.25) is 0 Å². The second kappa shape index (κ2) is 14.5. The van der Waals surface area contributed by atoms with Gasteiger partial charge in [0.05, 0.1) is 5.69 Å². The van der Waals surface area contributed by atoms with E-state index in [0.717, 1.165) is 17.7 Å². The summed E-state index contributed by atoms with van der Waals surface area (Å²) in [5.41, 5.74) is 2.90. The van der Waals surface area contributed by atoms with Crippen molar-refractivity contribution in [3.8, 4) is 0 Å². The molecule has 0 aliphatic rings. The number of carbonyl (C=O) groups excluding carboxylic acids is 2. The molecule has 2 aromatic carbocycles. The number of aryl methyl sites for hydroxylation is 1. The Kier molecular flexibility index (Phi) is 10.7. The first-order chi connectivity index (χ1) is 17.5. The molecule has 188 valence electrons. The molecule has 1 heterocycles. The molecule has 0 fully saturated rings. The van der Waals surface area contributed by atoms with E-state index in [9.17, 15) is 9.59 Å². The molecule has 6 heteroatoms. The Morgan fingerprint density at radius 2 is 1.56 bits per heavy atom. The molecule has 0 spiro atoms. The summed E-state index contributed by atoms with van der Waals surface area (Å²) in [6.45, 7) is 4.19. The fourth-order valence-corrected chi connectivity index (χ4v) is 3.77. The molecular formula is C30H35N3O3. The molecule has 0 bridgehead atoms. The number of carbonyl (C=O) groups is 2. The van der Waals surface area contributed by atoms with Crippen LogP contribution in [-0.4, -0.2) is 29.1 Å². The molecule has 0 saturated heterocycles. The van der Waals surface area contributed by atoms with Crippen LogP contribution < -0.4 is 10.6 Å². The first-order valence-corrected chi connectivity index (χ1v) is 12.4. The van der Waals surface area contributed by atoms with Crippen LogP contribution in [0, 0.1) is 5.92 Å². The standard InChI is InChI=1S/C30H35N3O3/c1-23(2)21-28(33-30(35)36-22-25-13-7-4-8-14-25)29(34)32-27(17-16-24-11-5-3-6-12-24)19-18-26-15-9-10-20-31-26/h3-15,18-20,23,27-28H,16-17,21-22H2,1-2H3,(H,32,34)(H,33,35). The highest BCUT2D eigenvalue weighted by Crippen LogP contribution is 2.11. The van der Waals surface area contributed by atoms with Crippen LogP contribution in [0.4, 0.5) is 4.79 Å². The van der Waals surface area contributed by atoms with E-state index in [1.807, 2.05) is 92.7 Å². The number of hydrogen-bond donors (Lipinski definition) is 2. The number of hydrogen-bond acceptors (Lipinski definition) is 4. The Morgan fingerprint density at radius 3 is 2.19 bits per heavy atom. The van der Waals surface area contributed by atoms with Crippen LogP contribution in [0.3, 0.4) is 0 Å². The highest BCUT2D eigenvalue weighted by molar-refractivity contribution is 5.86. The van der Waals surface area contributed by atoms with Crippen molar-refractivity contribution in [2.75, 3.05) is 0 Å². The molecule has 2 unspecified atom stereocenters. The van der Waals surface area contributed by atoms with Crippen LogP contribution in [0.1, 0.15) is 43.5 Å². The van der Waals surface area contributed by atoms with Crippen LogP contribution in [-0.2, 0) is 22.6 Å². The predicted molar refractivity (Wildman–Crippen MR) is 143 cm³/mol. The Bertz CT molecular complexity index is 1090. The van der Waals surface area contributed by atoms with Crippen molar-refractivity contribution in [2.24, 2.45) is 5.92 Å². The minimum Gasteiger partial charge on any atom is -0.445 e. The lowest BCUT2D eigenvalue weighted by Gasteiger charge is -2.23. The van der Waals surface area contributed by atoms with E-state index in [1.165, 1.54) is 5.56 Å². The van der Waals surface area contributed by atoms with Crippen molar-refractivity contribution in [1.29, 1.82) is 0 Å². The summed E-state index contributed by atoms with van der Waals surface area (Å²) < 4.78 is 5.35. The smallest absolute Gasteiger partial charge is 0.408 e. The van der Waals surface area contributed by atoms with Crippen LogP contribution in [0.25, 0.3) is 6.08 Å². The largest absolute Gasteiger partial charge is 0.445 e. The SMILES string of the molecule is CC(C)CC(NC(=O)OCc1ccccc1)C(=O)NC(C=Cc1ccccn1)CCc1ccccc1. The molecule has 0 radical (unpaired) electrons. The molecule has 36 heavy (non-hydrogen) atoms. The van der Waals surface area contributed by atoms with Gasteiger partial charge in [-0.1, -0.05) is 86.7 Å². The number of benzene rings is 2. The van der Waals surface area contributed by atoms with E-state index in [4.69, 9.17) is 4.74 Å². The van der Waals surface area contributed by atoms with E-state index in [2.05, 4.69) is 27.8 Å². The lowest BCUT2D eigenvalue weighted by Crippen LogP contribution is -2.50. The summed E-state index contributed by atoms with van der Waals surface area (Å²) in [6.07, 6.45) is 7.02. The number of nitrogens with one attached hydrogen (secondary N) is 2. The lowest BCUT2D eigenvalue weighted by molar-refractivity contribution is -0.123. The van der Waals surface area contributed by atoms with Gasteiger partial charge < -0.3 is 15.4 Å². The van der Waals surface area contributed by atoms with Gasteiger partial charge in [0.15, 0.2) is 0 Å². The minimum atomic E-state index is -0.698. The van der Waals surface area contributed by atoms with Crippen molar-refractivity contribution in [3.63, 3.8) is 0 Å². The zero-order valence-corrected chi connectivity index (χ0v) is 21.0. The van der Waals surface area contributed by atoms with Crippen molar-refractivity contribution in [1.82, 2.24) is 15.6 Å². The van der Waals surface area contributed by atoms with Gasteiger partial charge >= 0.3 is 6.09 Å². The number of aromatic nitrogens is 1. The zero-order valence-electron chi connectivity index (χ0n) is 21.0. The summed E-state index contributed by atoms with van der Waals surface area (Å²) in [4.78, 5) is 30.1. The third-order valence-electron chi connectivity index (χ3n) is 5.63. The average molecular weight is 486 g/mol. The molecule has 0 saturated carbocycles. The molecule has 6 nitrogen and oxygen atoms in total. The quantitative estimate of drug-likeness (QED) is 0.352. The molecule has 0 aliphatic carbocycles. The van der Waals surface area contributed by atoms with Crippen molar-refractivity contribution >= 4 is 18.1 Å². The summed E-state index contributed by atoms with van der Waals surface area (Å²) in [5, 5.41) is 5.88. The summed E-state index contributed by atoms with van der Waals surface area (Å²) in [5.74, 6) is -0.0221. The van der Waals surface area contributed by atoms with Gasteiger partial charge in [-0.15, -0.1) is 0 Å². The van der Waals surface area contributed by atoms with Crippen LogP contribution in [0.15, 0.2) is 91.1 Å². The molecule has 3 rings (SSSR count). The second-order valence-corrected chi connectivity index (χ2v) is 9.14. The number of alkyl carbamates (subject to hydrolysis) is 1. The normalized spacial score (nSPS) is 12.8. The van der Waals surface area contributed by atoms with E-state index in [-0.39, 0.29) is 24.5 Å². The van der Waals surface area contributed by atoms with E-state index < -0.39 is 12.1 Å². The van der Waals surface area contributed by atoms with Gasteiger partial charge in [-0.2, -0.15) is 0 Å². The number of amides is 2. The van der Waals surface area contributed by atoms with E-state index in [1.54, 1.807) is 6.20 Å². The van der Waals surface area contributed by atoms with Crippen molar-refractivity contribution in [2.45, 2.75) is 51.8 Å². The van der Waals surface area contributed by atoms with E-state index in [0.29, 0.717) is 12.8 Å². The molecule has 1 aromatic heterocycles. The van der Waals surface area contributed by atoms with Gasteiger partial charge in [0.1, 0.15) is 12.6 Å². The van der Waals surface area contributed by atoms with Gasteiger partial charge in [0.25, 0.3) is 0 Å². The number of rotatable bonds is 12. The second-order valence-electron chi connectivity index (χ2n) is 9.14.